The number of aromatic nitrogens is 2. The lowest BCUT2D eigenvalue weighted by atomic mass is 10.3. The molecule has 0 saturated heterocycles. The van der Waals surface area contributed by atoms with Gasteiger partial charge in [0.25, 0.3) is 0 Å². The molecule has 3 N–H and O–H groups in total. The van der Waals surface area contributed by atoms with Gasteiger partial charge in [0.05, 0.1) is 18.2 Å². The summed E-state index contributed by atoms with van der Waals surface area (Å²) in [4.78, 5) is 9.24. The summed E-state index contributed by atoms with van der Waals surface area (Å²) < 4.78 is 5.24. The number of rotatable bonds is 3. The fourth-order valence-corrected chi connectivity index (χ4v) is 2.36. The topological polar surface area (TPSA) is 77.0 Å². The highest BCUT2D eigenvalue weighted by Gasteiger charge is 2.07. The van der Waals surface area contributed by atoms with E-state index < -0.39 is 0 Å². The number of fused-ring (bicyclic) bond motifs is 1. The molecular weight excluding hydrogens is 236 g/mol. The van der Waals surface area contributed by atoms with Crippen LogP contribution in [0.4, 0.5) is 11.8 Å². The van der Waals surface area contributed by atoms with Crippen molar-refractivity contribution in [2.24, 2.45) is 0 Å². The van der Waals surface area contributed by atoms with Crippen LogP contribution in [0, 0.1) is 0 Å². The first-order valence-electron chi connectivity index (χ1n) is 5.10. The van der Waals surface area contributed by atoms with Gasteiger partial charge in [-0.05, 0) is 23.6 Å². The molecule has 3 aromatic heterocycles. The monoisotopic (exact) mass is 246 g/mol. The molecule has 5 nitrogen and oxygen atoms in total. The first-order valence-corrected chi connectivity index (χ1v) is 5.98. The van der Waals surface area contributed by atoms with E-state index in [-0.39, 0.29) is 5.95 Å². The number of hydrogen-bond donors (Lipinski definition) is 2. The van der Waals surface area contributed by atoms with E-state index in [4.69, 9.17) is 10.2 Å². The van der Waals surface area contributed by atoms with Gasteiger partial charge in [0.1, 0.15) is 16.4 Å². The Kier molecular flexibility index (Phi) is 2.41. The summed E-state index contributed by atoms with van der Waals surface area (Å²) in [5.74, 6) is 1.87. The summed E-state index contributed by atoms with van der Waals surface area (Å²) in [7, 11) is 0. The summed E-state index contributed by atoms with van der Waals surface area (Å²) >= 11 is 1.54. The summed E-state index contributed by atoms with van der Waals surface area (Å²) in [6.07, 6.45) is 1.64. The van der Waals surface area contributed by atoms with E-state index in [9.17, 15) is 0 Å². The van der Waals surface area contributed by atoms with Crippen LogP contribution in [-0.2, 0) is 6.54 Å². The first-order chi connectivity index (χ1) is 8.33. The average Bonchev–Trinajstić information content (AvgIpc) is 2.95. The lowest BCUT2D eigenvalue weighted by molar-refractivity contribution is 0.518. The molecule has 0 radical (unpaired) electrons. The van der Waals surface area contributed by atoms with Gasteiger partial charge in [-0.25, -0.2) is 4.98 Å². The Balaban J connectivity index is 1.91. The molecule has 0 amide bonds. The van der Waals surface area contributed by atoms with Crippen LogP contribution in [0.15, 0.2) is 34.3 Å². The predicted octanol–water partition coefficient (Wildman–Crippen LogP) is 2.48. The predicted molar refractivity (Wildman–Crippen MR) is 67.9 cm³/mol. The molecule has 3 heterocycles. The Labute approximate surface area is 101 Å². The average molecular weight is 246 g/mol. The van der Waals surface area contributed by atoms with Gasteiger partial charge in [-0.15, -0.1) is 11.3 Å². The quantitative estimate of drug-likeness (QED) is 0.742. The second-order valence-corrected chi connectivity index (χ2v) is 4.40. The summed E-state index contributed by atoms with van der Waals surface area (Å²) in [5, 5.41) is 6.15. The molecule has 0 aromatic carbocycles. The molecule has 0 fully saturated rings. The van der Waals surface area contributed by atoms with Crippen LogP contribution in [0.1, 0.15) is 5.76 Å². The Morgan fingerprint density at radius 2 is 2.29 bits per heavy atom. The molecule has 3 rings (SSSR count). The number of anilines is 2. The van der Waals surface area contributed by atoms with Crippen molar-refractivity contribution in [2.75, 3.05) is 11.1 Å². The van der Waals surface area contributed by atoms with Gasteiger partial charge in [0.2, 0.25) is 5.95 Å². The number of nitrogens with zero attached hydrogens (tertiary/aromatic N) is 2. The van der Waals surface area contributed by atoms with Crippen molar-refractivity contribution >= 4 is 33.3 Å². The largest absolute Gasteiger partial charge is 0.467 e. The third kappa shape index (κ3) is 1.94. The van der Waals surface area contributed by atoms with Crippen molar-refractivity contribution in [1.29, 1.82) is 0 Å². The summed E-state index contributed by atoms with van der Waals surface area (Å²) in [5.41, 5.74) is 5.65. The molecule has 17 heavy (non-hydrogen) atoms. The van der Waals surface area contributed by atoms with Crippen molar-refractivity contribution in [2.45, 2.75) is 6.54 Å². The molecule has 0 aliphatic heterocycles. The number of furan rings is 1. The molecule has 0 aliphatic rings. The molecule has 6 heteroatoms. The standard InChI is InChI=1S/C11H10N4OS/c12-11-14-9(8-3-5-17-10(8)15-11)13-6-7-2-1-4-16-7/h1-5H,6H2,(H3,12,13,14,15). The van der Waals surface area contributed by atoms with Crippen LogP contribution in [0.25, 0.3) is 10.2 Å². The third-order valence-electron chi connectivity index (χ3n) is 2.35. The Hall–Kier alpha value is -2.08. The fraction of sp³-hybridized carbons (Fsp3) is 0.0909. The smallest absolute Gasteiger partial charge is 0.223 e. The Bertz CT molecular complexity index is 632. The van der Waals surface area contributed by atoms with Crippen molar-refractivity contribution < 1.29 is 4.42 Å². The molecule has 3 aromatic rings. The number of nitrogen functional groups attached to an aromatic ring is 1. The van der Waals surface area contributed by atoms with E-state index in [0.717, 1.165) is 21.8 Å². The minimum Gasteiger partial charge on any atom is -0.467 e. The Morgan fingerprint density at radius 3 is 3.12 bits per heavy atom. The van der Waals surface area contributed by atoms with Crippen LogP contribution in [-0.4, -0.2) is 9.97 Å². The third-order valence-corrected chi connectivity index (χ3v) is 3.16. The van der Waals surface area contributed by atoms with E-state index in [0.29, 0.717) is 6.54 Å². The van der Waals surface area contributed by atoms with Crippen LogP contribution in [0.2, 0.25) is 0 Å². The number of nitrogens with two attached hydrogens (primary N) is 1. The molecule has 0 aliphatic carbocycles. The molecular formula is C11H10N4OS. The second kappa shape index (κ2) is 4.06. The highest BCUT2D eigenvalue weighted by molar-refractivity contribution is 7.16. The first kappa shape index (κ1) is 10.1. The van der Waals surface area contributed by atoms with E-state index >= 15 is 0 Å². The van der Waals surface area contributed by atoms with Crippen LogP contribution in [0.3, 0.4) is 0 Å². The fourth-order valence-electron chi connectivity index (χ4n) is 1.59. The highest BCUT2D eigenvalue weighted by atomic mass is 32.1. The summed E-state index contributed by atoms with van der Waals surface area (Å²) in [6, 6.07) is 5.73. The van der Waals surface area contributed by atoms with Crippen molar-refractivity contribution in [3.8, 4) is 0 Å². The zero-order chi connectivity index (χ0) is 11.7. The van der Waals surface area contributed by atoms with E-state index in [1.165, 1.54) is 0 Å². The number of thiophene rings is 1. The SMILES string of the molecule is Nc1nc(NCc2ccco2)c2ccsc2n1. The van der Waals surface area contributed by atoms with Gasteiger partial charge >= 0.3 is 0 Å². The molecule has 0 saturated carbocycles. The maximum absolute atomic E-state index is 5.65. The van der Waals surface area contributed by atoms with E-state index in [1.54, 1.807) is 17.6 Å². The van der Waals surface area contributed by atoms with Crippen LogP contribution >= 0.6 is 11.3 Å². The minimum atomic E-state index is 0.280. The Morgan fingerprint density at radius 1 is 1.35 bits per heavy atom. The van der Waals surface area contributed by atoms with Crippen LogP contribution < -0.4 is 11.1 Å². The van der Waals surface area contributed by atoms with Crippen LogP contribution in [0.5, 0.6) is 0 Å². The second-order valence-electron chi connectivity index (χ2n) is 3.50. The number of hydrogen-bond acceptors (Lipinski definition) is 6. The highest BCUT2D eigenvalue weighted by Crippen LogP contribution is 2.25. The van der Waals surface area contributed by atoms with Gasteiger partial charge in [0, 0.05) is 0 Å². The van der Waals surface area contributed by atoms with Gasteiger partial charge in [-0.1, -0.05) is 0 Å². The summed E-state index contributed by atoms with van der Waals surface area (Å²) in [6.45, 7) is 0.578. The molecule has 0 spiro atoms. The van der Waals surface area contributed by atoms with E-state index in [1.807, 2.05) is 23.6 Å². The maximum atomic E-state index is 5.65. The number of nitrogens with one attached hydrogen (secondary N) is 1. The van der Waals surface area contributed by atoms with Gasteiger partial charge in [-0.3, -0.25) is 0 Å². The maximum Gasteiger partial charge on any atom is 0.223 e. The normalized spacial score (nSPS) is 10.8. The lowest BCUT2D eigenvalue weighted by Gasteiger charge is -2.05. The zero-order valence-electron chi connectivity index (χ0n) is 8.88. The molecule has 0 atom stereocenters. The molecule has 0 unspecified atom stereocenters. The van der Waals surface area contributed by atoms with E-state index in [2.05, 4.69) is 15.3 Å². The molecule has 0 bridgehead atoms. The van der Waals surface area contributed by atoms with Gasteiger partial charge in [0.15, 0.2) is 0 Å². The molecule has 86 valence electrons. The van der Waals surface area contributed by atoms with Gasteiger partial charge < -0.3 is 15.5 Å². The lowest BCUT2D eigenvalue weighted by Crippen LogP contribution is -2.03. The van der Waals surface area contributed by atoms with Crippen molar-refractivity contribution in [3.05, 3.63) is 35.6 Å². The van der Waals surface area contributed by atoms with Gasteiger partial charge in [-0.2, -0.15) is 4.98 Å². The zero-order valence-corrected chi connectivity index (χ0v) is 9.70. The van der Waals surface area contributed by atoms with Crippen molar-refractivity contribution in [1.82, 2.24) is 9.97 Å². The minimum absolute atomic E-state index is 0.280. The van der Waals surface area contributed by atoms with Crippen molar-refractivity contribution in [3.63, 3.8) is 0 Å².